The van der Waals surface area contributed by atoms with Crippen molar-refractivity contribution in [2.45, 2.75) is 116 Å². The monoisotopic (exact) mass is 538 g/mol. The van der Waals surface area contributed by atoms with Crippen molar-refractivity contribution < 1.29 is 29.7 Å². The smallest absolute Gasteiger partial charge is 0.306 e. The van der Waals surface area contributed by atoms with Crippen LogP contribution in [0.5, 0.6) is 0 Å². The molecule has 6 N–H and O–H groups in total. The van der Waals surface area contributed by atoms with E-state index in [1.165, 1.54) is 0 Å². The van der Waals surface area contributed by atoms with E-state index >= 15 is 0 Å². The van der Waals surface area contributed by atoms with Gasteiger partial charge < -0.3 is 29.9 Å². The molecule has 0 saturated carbocycles. The third-order valence-electron chi connectivity index (χ3n) is 7.40. The van der Waals surface area contributed by atoms with Crippen LogP contribution in [0.4, 0.5) is 0 Å². The first kappa shape index (κ1) is 33.9. The number of aliphatic carboxylic acids is 1. The van der Waals surface area contributed by atoms with Gasteiger partial charge in [0.15, 0.2) is 0 Å². The zero-order valence-electron chi connectivity index (χ0n) is 23.2. The Hall–Kier alpha value is -2.14. The summed E-state index contributed by atoms with van der Waals surface area (Å²) in [7, 11) is 0. The summed E-state index contributed by atoms with van der Waals surface area (Å²) in [4.78, 5) is 40.6. The minimum atomic E-state index is -0.802. The highest BCUT2D eigenvalue weighted by molar-refractivity contribution is 5.69. The van der Waals surface area contributed by atoms with E-state index in [4.69, 9.17) is 0 Å². The zero-order chi connectivity index (χ0) is 28.2. The first-order valence-electron chi connectivity index (χ1n) is 14.3. The van der Waals surface area contributed by atoms with Crippen LogP contribution in [0.2, 0.25) is 0 Å². The molecular formula is C28H50N4O6. The van der Waals surface area contributed by atoms with Crippen molar-refractivity contribution in [2.24, 2.45) is 17.8 Å². The van der Waals surface area contributed by atoms with Crippen molar-refractivity contribution in [1.82, 2.24) is 20.6 Å². The van der Waals surface area contributed by atoms with Gasteiger partial charge in [0.1, 0.15) is 25.0 Å². The summed E-state index contributed by atoms with van der Waals surface area (Å²) >= 11 is 0. The van der Waals surface area contributed by atoms with Crippen LogP contribution in [0.15, 0.2) is 12.5 Å². The fourth-order valence-electron chi connectivity index (χ4n) is 4.97. The lowest BCUT2D eigenvalue weighted by Gasteiger charge is -2.26. The lowest BCUT2D eigenvalue weighted by atomic mass is 9.89. The molecule has 0 spiro atoms. The van der Waals surface area contributed by atoms with E-state index in [-0.39, 0.29) is 24.3 Å². The van der Waals surface area contributed by atoms with E-state index in [1.807, 2.05) is 6.92 Å². The van der Waals surface area contributed by atoms with Gasteiger partial charge in [0.05, 0.1) is 24.8 Å². The Morgan fingerprint density at radius 3 is 2.13 bits per heavy atom. The maximum Gasteiger partial charge on any atom is 0.306 e. The highest BCUT2D eigenvalue weighted by Gasteiger charge is 2.23. The maximum absolute atomic E-state index is 11.5. The lowest BCUT2D eigenvalue weighted by Crippen LogP contribution is -2.44. The number of carbonyl (C=O) groups excluding carboxylic acids is 2. The number of aliphatic hydroxyl groups is 2. The number of imidazole rings is 1. The molecule has 6 atom stereocenters. The molecule has 1 aromatic rings. The molecule has 0 bridgehead atoms. The molecule has 1 heterocycles. The maximum atomic E-state index is 11.5. The summed E-state index contributed by atoms with van der Waals surface area (Å²) in [6.45, 7) is 4.16. The average Bonchev–Trinajstić information content (AvgIpc) is 3.42. The third kappa shape index (κ3) is 14.1. The number of aldehydes is 2. The Kier molecular flexibility index (Phi) is 18.5. The molecule has 5 unspecified atom stereocenters. The van der Waals surface area contributed by atoms with Gasteiger partial charge in [-0.3, -0.25) is 15.4 Å². The van der Waals surface area contributed by atoms with Gasteiger partial charge in [-0.2, -0.15) is 0 Å². The number of carboxylic acid groups (broad SMARTS) is 1. The van der Waals surface area contributed by atoms with Crippen LogP contribution in [-0.4, -0.2) is 68.9 Å². The van der Waals surface area contributed by atoms with Gasteiger partial charge in [0.25, 0.3) is 0 Å². The molecule has 0 aliphatic rings. The fourth-order valence-corrected chi connectivity index (χ4v) is 4.97. The highest BCUT2D eigenvalue weighted by atomic mass is 16.4. The Labute approximate surface area is 227 Å². The van der Waals surface area contributed by atoms with Gasteiger partial charge in [0, 0.05) is 18.3 Å². The molecule has 0 saturated heterocycles. The van der Waals surface area contributed by atoms with E-state index in [9.17, 15) is 29.7 Å². The fraction of sp³-hybridized carbons (Fsp3) is 0.786. The van der Waals surface area contributed by atoms with Crippen LogP contribution in [0.25, 0.3) is 0 Å². The molecule has 0 aromatic carbocycles. The van der Waals surface area contributed by atoms with Crippen LogP contribution in [0.3, 0.4) is 0 Å². The Balaban J connectivity index is 2.50. The number of aliphatic hydroxyl groups excluding tert-OH is 2. The van der Waals surface area contributed by atoms with Gasteiger partial charge in [-0.1, -0.05) is 52.4 Å². The van der Waals surface area contributed by atoms with Crippen LogP contribution < -0.4 is 10.6 Å². The van der Waals surface area contributed by atoms with E-state index in [2.05, 4.69) is 27.5 Å². The number of unbranched alkanes of at least 4 members (excludes halogenated alkanes) is 3. The SMILES string of the molecule is CCCCC(CCCCC(CCCCC(CC)C(O)N[C@@H](C=O)Cc1cnc[nH]1)C(O)NCC=O)C(=O)O. The standard InChI is InChI=1S/C28H50N4O6/c1-3-5-10-23(28(37)38)14-9-8-13-22(26(35)30-15-16-33)12-7-6-11-21(4-2)27(36)32-25(19-34)17-24-18-29-20-31-24/h16,18-23,25-27,30,32,35-36H,3-15,17H2,1-2H3,(H,29,31)(H,37,38)/t21?,22?,23?,25-,26?,27?/m1/s1. The van der Waals surface area contributed by atoms with Gasteiger partial charge in [-0.25, -0.2) is 4.98 Å². The minimum Gasteiger partial charge on any atom is -0.481 e. The molecular weight excluding hydrogens is 488 g/mol. The molecule has 38 heavy (non-hydrogen) atoms. The molecule has 10 heteroatoms. The lowest BCUT2D eigenvalue weighted by molar-refractivity contribution is -0.142. The summed E-state index contributed by atoms with van der Waals surface area (Å²) in [6, 6.07) is -0.509. The van der Waals surface area contributed by atoms with Gasteiger partial charge >= 0.3 is 5.97 Å². The minimum absolute atomic E-state index is 0.00754. The normalized spacial score (nSPS) is 16.3. The highest BCUT2D eigenvalue weighted by Crippen LogP contribution is 2.24. The van der Waals surface area contributed by atoms with Crippen molar-refractivity contribution in [2.75, 3.05) is 6.54 Å². The Morgan fingerprint density at radius 1 is 0.974 bits per heavy atom. The number of aromatic nitrogens is 2. The number of carbonyl (C=O) groups is 3. The van der Waals surface area contributed by atoms with Gasteiger partial charge in [-0.15, -0.1) is 0 Å². The molecule has 1 rings (SSSR count). The molecule has 0 radical (unpaired) electrons. The van der Waals surface area contributed by atoms with Crippen molar-refractivity contribution in [3.63, 3.8) is 0 Å². The van der Waals surface area contributed by atoms with Gasteiger partial charge in [0.2, 0.25) is 0 Å². The van der Waals surface area contributed by atoms with Crippen molar-refractivity contribution in [3.8, 4) is 0 Å². The first-order chi connectivity index (χ1) is 18.4. The summed E-state index contributed by atoms with van der Waals surface area (Å²) in [5.74, 6) is -1.08. The van der Waals surface area contributed by atoms with Crippen LogP contribution in [0.1, 0.15) is 96.6 Å². The van der Waals surface area contributed by atoms with Crippen LogP contribution >= 0.6 is 0 Å². The number of nitrogens with one attached hydrogen (secondary N) is 3. The molecule has 0 aliphatic heterocycles. The second-order valence-electron chi connectivity index (χ2n) is 10.3. The Bertz CT molecular complexity index is 748. The summed E-state index contributed by atoms with van der Waals surface area (Å²) in [6.07, 6.45) is 13.2. The molecule has 1 aromatic heterocycles. The number of aromatic amines is 1. The average molecular weight is 539 g/mol. The molecule has 218 valence electrons. The topological polar surface area (TPSA) is 165 Å². The number of rotatable bonds is 25. The first-order valence-corrected chi connectivity index (χ1v) is 14.3. The van der Waals surface area contributed by atoms with Crippen molar-refractivity contribution in [3.05, 3.63) is 18.2 Å². The quantitative estimate of drug-likeness (QED) is 0.0623. The zero-order valence-corrected chi connectivity index (χ0v) is 23.2. The van der Waals surface area contributed by atoms with Crippen LogP contribution in [-0.2, 0) is 20.8 Å². The van der Waals surface area contributed by atoms with Crippen LogP contribution in [0, 0.1) is 17.8 Å². The molecule has 0 fully saturated rings. The van der Waals surface area contributed by atoms with Gasteiger partial charge in [-0.05, 0) is 50.4 Å². The third-order valence-corrected chi connectivity index (χ3v) is 7.40. The molecule has 0 aliphatic carbocycles. The largest absolute Gasteiger partial charge is 0.481 e. The number of hydrogen-bond acceptors (Lipinski definition) is 8. The Morgan fingerprint density at radius 2 is 1.61 bits per heavy atom. The number of carboxylic acids is 1. The van der Waals surface area contributed by atoms with E-state index < -0.39 is 24.5 Å². The second kappa shape index (κ2) is 20.8. The molecule has 10 nitrogen and oxygen atoms in total. The molecule has 0 amide bonds. The summed E-state index contributed by atoms with van der Waals surface area (Å²) < 4.78 is 0. The predicted molar refractivity (Wildman–Crippen MR) is 146 cm³/mol. The van der Waals surface area contributed by atoms with Crippen molar-refractivity contribution >= 4 is 18.5 Å². The van der Waals surface area contributed by atoms with E-state index in [0.29, 0.717) is 19.3 Å². The van der Waals surface area contributed by atoms with E-state index in [1.54, 1.807) is 12.5 Å². The summed E-state index contributed by atoms with van der Waals surface area (Å²) in [5, 5.41) is 36.6. The number of H-pyrrole nitrogens is 1. The number of hydrogen-bond donors (Lipinski definition) is 6. The predicted octanol–water partition coefficient (Wildman–Crippen LogP) is 3.19. The van der Waals surface area contributed by atoms with Crippen molar-refractivity contribution in [1.29, 1.82) is 0 Å². The summed E-state index contributed by atoms with van der Waals surface area (Å²) in [5.41, 5.74) is 0.821. The second-order valence-corrected chi connectivity index (χ2v) is 10.3. The number of nitrogens with zero attached hydrogens (tertiary/aromatic N) is 1. The van der Waals surface area contributed by atoms with E-state index in [0.717, 1.165) is 82.5 Å².